The molecule has 0 unspecified atom stereocenters. The molecule has 0 saturated carbocycles. The summed E-state index contributed by atoms with van der Waals surface area (Å²) < 4.78 is 14.4. The van der Waals surface area contributed by atoms with E-state index in [0.717, 1.165) is 52.6 Å². The van der Waals surface area contributed by atoms with E-state index in [2.05, 4.69) is 33.4 Å². The van der Waals surface area contributed by atoms with Crippen LogP contribution in [0.2, 0.25) is 0 Å². The van der Waals surface area contributed by atoms with E-state index in [4.69, 9.17) is 26.5 Å². The van der Waals surface area contributed by atoms with Gasteiger partial charge in [-0.25, -0.2) is 0 Å². The number of rotatable bonds is 6. The van der Waals surface area contributed by atoms with Crippen LogP contribution in [-0.2, 0) is 27.9 Å². The minimum atomic E-state index is -3.12. The van der Waals surface area contributed by atoms with Crippen molar-refractivity contribution >= 4 is 17.0 Å². The number of nitrogens with zero attached hydrogens (tertiary/aromatic N) is 2. The molecule has 2 aliphatic heterocycles. The molecule has 0 spiro atoms. The first-order valence-electron chi connectivity index (χ1n) is 9.07. The molecule has 140 valence electrons. The monoisotopic (exact) mass is 448 g/mol. The average molecular weight is 451 g/mol. The average Bonchev–Trinajstić information content (AvgIpc) is 3.28. The van der Waals surface area contributed by atoms with E-state index in [-0.39, 0.29) is 0 Å². The predicted molar refractivity (Wildman–Crippen MR) is 97.7 cm³/mol. The number of hydrogen-bond donors (Lipinski definition) is 0. The van der Waals surface area contributed by atoms with Crippen LogP contribution in [-0.4, -0.2) is 58.3 Å². The van der Waals surface area contributed by atoms with Gasteiger partial charge in [0.15, 0.2) is 0 Å². The summed E-state index contributed by atoms with van der Waals surface area (Å²) in [6, 6.07) is 0. The molecule has 0 N–H and O–H groups in total. The van der Waals surface area contributed by atoms with E-state index in [9.17, 15) is 0 Å². The van der Waals surface area contributed by atoms with Crippen LogP contribution >= 0.6 is 17.0 Å². The van der Waals surface area contributed by atoms with Crippen LogP contribution in [0.1, 0.15) is 53.4 Å². The molecule has 2 saturated heterocycles. The van der Waals surface area contributed by atoms with E-state index in [0.29, 0.717) is 0 Å². The number of hydrogen-bond acceptors (Lipinski definition) is 4. The summed E-state index contributed by atoms with van der Waals surface area (Å²) in [6.45, 7) is 16.3. The van der Waals surface area contributed by atoms with Crippen molar-refractivity contribution in [2.24, 2.45) is 0 Å². The van der Waals surface area contributed by atoms with E-state index in [1.54, 1.807) is 0 Å². The van der Waals surface area contributed by atoms with Crippen LogP contribution in [0.4, 0.5) is 0 Å². The summed E-state index contributed by atoms with van der Waals surface area (Å²) >= 11 is -3.12. The van der Waals surface area contributed by atoms with Gasteiger partial charge in [0.25, 0.3) is 0 Å². The van der Waals surface area contributed by atoms with Crippen LogP contribution in [0.5, 0.6) is 0 Å². The number of halogens is 2. The predicted octanol–water partition coefficient (Wildman–Crippen LogP) is 4.56. The maximum absolute atomic E-state index is 6.50. The molecular formula is C16H36Cl2N2O2Zr. The fourth-order valence-electron chi connectivity index (χ4n) is 2.43. The molecule has 0 aliphatic carbocycles. The second kappa shape index (κ2) is 15.5. The molecular weight excluding hydrogens is 414 g/mol. The first-order valence-corrected chi connectivity index (χ1v) is 17.6. The summed E-state index contributed by atoms with van der Waals surface area (Å²) in [5.74, 6) is 0. The van der Waals surface area contributed by atoms with Crippen LogP contribution in [0.25, 0.3) is 0 Å². The van der Waals surface area contributed by atoms with Gasteiger partial charge >= 0.3 is 95.0 Å². The van der Waals surface area contributed by atoms with Crippen LogP contribution in [0.3, 0.4) is 0 Å². The van der Waals surface area contributed by atoms with Gasteiger partial charge in [-0.3, -0.25) is 0 Å². The Balaban J connectivity index is 0.000000386. The molecule has 0 aromatic carbocycles. The van der Waals surface area contributed by atoms with Gasteiger partial charge in [0.05, 0.1) is 0 Å². The first kappa shape index (κ1) is 24.3. The SMILES string of the molecule is C1CCOC1.C1CCOC1.CC[N](CC)[Zr]([Cl])([Cl])[N](CC)CC. The van der Waals surface area contributed by atoms with Crippen LogP contribution in [0.15, 0.2) is 0 Å². The minimum absolute atomic E-state index is 0.954. The molecule has 2 fully saturated rings. The van der Waals surface area contributed by atoms with Crippen LogP contribution in [0, 0.1) is 0 Å². The van der Waals surface area contributed by atoms with Crippen molar-refractivity contribution in [3.8, 4) is 0 Å². The molecule has 7 heteroatoms. The van der Waals surface area contributed by atoms with E-state index in [1.165, 1.54) is 25.7 Å². The Morgan fingerprint density at radius 1 is 0.652 bits per heavy atom. The third kappa shape index (κ3) is 10.8. The normalized spacial score (nSPS) is 17.7. The summed E-state index contributed by atoms with van der Waals surface area (Å²) in [5.41, 5.74) is 0. The van der Waals surface area contributed by atoms with Crippen molar-refractivity contribution in [2.75, 3.05) is 52.6 Å². The quantitative estimate of drug-likeness (QED) is 0.593. The zero-order valence-corrected chi connectivity index (χ0v) is 19.4. The molecule has 2 heterocycles. The Bertz CT molecular complexity index is 219. The standard InChI is InChI=1S/2C4H10N.2C4H8O.2ClH.Zr/c2*1-3-5-4-2;2*1-2-4-5-3-1;;;/h2*3-4H2,1-2H3;2*1-4H2;2*1H;/q2*-1;;;;;+4/p-2. The maximum atomic E-state index is 6.50. The molecule has 0 aromatic rings. The van der Waals surface area contributed by atoms with Gasteiger partial charge in [0.1, 0.15) is 0 Å². The van der Waals surface area contributed by atoms with Gasteiger partial charge in [0.2, 0.25) is 0 Å². The Kier molecular flexibility index (Phi) is 16.4. The molecule has 4 nitrogen and oxygen atoms in total. The van der Waals surface area contributed by atoms with Crippen molar-refractivity contribution in [3.05, 3.63) is 0 Å². The Morgan fingerprint density at radius 3 is 1.04 bits per heavy atom. The zero-order chi connectivity index (χ0) is 17.6. The molecule has 23 heavy (non-hydrogen) atoms. The van der Waals surface area contributed by atoms with Crippen molar-refractivity contribution in [1.82, 2.24) is 5.69 Å². The van der Waals surface area contributed by atoms with Gasteiger partial charge in [-0.1, -0.05) is 0 Å². The van der Waals surface area contributed by atoms with Gasteiger partial charge in [-0.05, 0) is 25.7 Å². The van der Waals surface area contributed by atoms with Crippen molar-refractivity contribution in [1.29, 1.82) is 0 Å². The Morgan fingerprint density at radius 2 is 0.913 bits per heavy atom. The fourth-order valence-corrected chi connectivity index (χ4v) is 12.8. The van der Waals surface area contributed by atoms with E-state index in [1.807, 2.05) is 0 Å². The summed E-state index contributed by atoms with van der Waals surface area (Å²) in [6.07, 6.45) is 5.11. The van der Waals surface area contributed by atoms with Crippen molar-refractivity contribution in [3.63, 3.8) is 0 Å². The molecule has 2 rings (SSSR count). The zero-order valence-electron chi connectivity index (χ0n) is 15.5. The molecule has 0 atom stereocenters. The van der Waals surface area contributed by atoms with Gasteiger partial charge in [-0.15, -0.1) is 0 Å². The van der Waals surface area contributed by atoms with E-state index >= 15 is 0 Å². The van der Waals surface area contributed by atoms with Gasteiger partial charge in [-0.2, -0.15) is 0 Å². The topological polar surface area (TPSA) is 24.9 Å². The third-order valence-electron chi connectivity index (χ3n) is 3.94. The molecule has 0 radical (unpaired) electrons. The second-order valence-electron chi connectivity index (χ2n) is 5.49. The first-order chi connectivity index (χ1) is 11.0. The fraction of sp³-hybridized carbons (Fsp3) is 1.00. The number of ether oxygens (including phenoxy) is 2. The van der Waals surface area contributed by atoms with Gasteiger partial charge in [0, 0.05) is 26.4 Å². The summed E-state index contributed by atoms with van der Waals surface area (Å²) in [5, 5.41) is 0. The Labute approximate surface area is 156 Å². The Hall–Kier alpha value is 1.30. The molecule has 0 aromatic heterocycles. The van der Waals surface area contributed by atoms with Crippen molar-refractivity contribution < 1.29 is 27.9 Å². The molecule has 2 aliphatic rings. The summed E-state index contributed by atoms with van der Waals surface area (Å²) in [4.78, 5) is 0. The molecule has 0 bridgehead atoms. The van der Waals surface area contributed by atoms with Crippen LogP contribution < -0.4 is 0 Å². The molecule has 0 amide bonds. The van der Waals surface area contributed by atoms with Crippen molar-refractivity contribution in [2.45, 2.75) is 53.4 Å². The third-order valence-corrected chi connectivity index (χ3v) is 16.4. The summed E-state index contributed by atoms with van der Waals surface area (Å²) in [7, 11) is 13.0. The van der Waals surface area contributed by atoms with E-state index < -0.39 is 18.5 Å². The van der Waals surface area contributed by atoms with Gasteiger partial charge < -0.3 is 9.47 Å². The second-order valence-corrected chi connectivity index (χ2v) is 18.5.